The molecule has 158 valence electrons. The second-order valence-corrected chi connectivity index (χ2v) is 8.63. The van der Waals surface area contributed by atoms with E-state index in [9.17, 15) is 4.79 Å². The molecular formula is C19H21ClN6O2S2. The summed E-state index contributed by atoms with van der Waals surface area (Å²) < 4.78 is 7.75. The number of hydrogen-bond donors (Lipinski definition) is 1. The molecule has 0 bridgehead atoms. The van der Waals surface area contributed by atoms with E-state index in [0.717, 1.165) is 22.7 Å². The molecule has 0 aliphatic rings. The molecule has 3 rings (SSSR count). The van der Waals surface area contributed by atoms with E-state index in [1.165, 1.54) is 23.1 Å². The third-order valence-electron chi connectivity index (χ3n) is 3.95. The van der Waals surface area contributed by atoms with Gasteiger partial charge >= 0.3 is 0 Å². The number of nitrogens with zero attached hydrogens (tertiary/aromatic N) is 5. The van der Waals surface area contributed by atoms with Gasteiger partial charge in [0.15, 0.2) is 11.0 Å². The number of hydrogen-bond acceptors (Lipinski definition) is 8. The van der Waals surface area contributed by atoms with Crippen molar-refractivity contribution in [3.8, 4) is 5.75 Å². The van der Waals surface area contributed by atoms with Crippen molar-refractivity contribution in [2.24, 2.45) is 0 Å². The molecule has 0 aliphatic carbocycles. The molecule has 30 heavy (non-hydrogen) atoms. The number of anilines is 1. The molecule has 1 N–H and O–H groups in total. The van der Waals surface area contributed by atoms with Crippen molar-refractivity contribution >= 4 is 45.7 Å². The maximum absolute atomic E-state index is 12.2. The van der Waals surface area contributed by atoms with E-state index in [1.807, 2.05) is 30.5 Å². The number of amides is 1. The topological polar surface area (TPSA) is 94.8 Å². The Bertz CT molecular complexity index is 1040. The lowest BCUT2D eigenvalue weighted by atomic mass is 10.2. The average molecular weight is 465 g/mol. The van der Waals surface area contributed by atoms with E-state index in [1.54, 1.807) is 12.1 Å². The first kappa shape index (κ1) is 22.3. The lowest BCUT2D eigenvalue weighted by Gasteiger charge is -2.11. The number of aryl methyl sites for hydroxylation is 2. The summed E-state index contributed by atoms with van der Waals surface area (Å²) in [4.78, 5) is 12.2. The Balaban J connectivity index is 1.61. The number of ether oxygens (including phenoxy) is 1. The van der Waals surface area contributed by atoms with E-state index in [0.29, 0.717) is 27.7 Å². The molecule has 0 aliphatic heterocycles. The fraction of sp³-hybridized carbons (Fsp3) is 0.316. The van der Waals surface area contributed by atoms with Crippen molar-refractivity contribution in [2.75, 3.05) is 11.1 Å². The minimum Gasteiger partial charge on any atom is -0.485 e. The average Bonchev–Trinajstić information content (AvgIpc) is 3.33. The second kappa shape index (κ2) is 10.6. The van der Waals surface area contributed by atoms with Crippen molar-refractivity contribution in [1.82, 2.24) is 25.0 Å². The van der Waals surface area contributed by atoms with Crippen molar-refractivity contribution in [2.45, 2.75) is 38.6 Å². The van der Waals surface area contributed by atoms with Crippen molar-refractivity contribution in [3.63, 3.8) is 0 Å². The quantitative estimate of drug-likeness (QED) is 0.355. The number of thioether (sulfide) groups is 1. The molecule has 0 atom stereocenters. The number of rotatable bonds is 10. The van der Waals surface area contributed by atoms with E-state index >= 15 is 0 Å². The van der Waals surface area contributed by atoms with E-state index in [-0.39, 0.29) is 18.3 Å². The van der Waals surface area contributed by atoms with Crippen LogP contribution in [0.4, 0.5) is 5.13 Å². The van der Waals surface area contributed by atoms with Crippen molar-refractivity contribution in [3.05, 3.63) is 52.3 Å². The lowest BCUT2D eigenvalue weighted by molar-refractivity contribution is -0.113. The molecular weight excluding hydrogens is 444 g/mol. The summed E-state index contributed by atoms with van der Waals surface area (Å²) in [6.07, 6.45) is 2.53. The number of aromatic nitrogens is 5. The Hall–Kier alpha value is -2.43. The SMILES string of the molecule is C=CCn1c(COc2ccc(Cl)cc2C)nnc1SCC(=O)Nc1nnc(CC)s1. The largest absolute Gasteiger partial charge is 0.485 e. The fourth-order valence-electron chi connectivity index (χ4n) is 2.49. The molecule has 11 heteroatoms. The molecule has 0 unspecified atom stereocenters. The molecule has 0 radical (unpaired) electrons. The molecule has 0 saturated carbocycles. The van der Waals surface area contributed by atoms with Gasteiger partial charge in [-0.15, -0.1) is 27.0 Å². The smallest absolute Gasteiger partial charge is 0.236 e. The predicted octanol–water partition coefficient (Wildman–Crippen LogP) is 4.15. The summed E-state index contributed by atoms with van der Waals surface area (Å²) in [7, 11) is 0. The Morgan fingerprint density at radius 1 is 1.37 bits per heavy atom. The molecule has 0 fully saturated rings. The highest BCUT2D eigenvalue weighted by atomic mass is 35.5. The normalized spacial score (nSPS) is 10.8. The van der Waals surface area contributed by atoms with Gasteiger partial charge in [-0.3, -0.25) is 14.7 Å². The van der Waals surface area contributed by atoms with Gasteiger partial charge in [0, 0.05) is 11.6 Å². The molecule has 1 aromatic carbocycles. The highest BCUT2D eigenvalue weighted by Crippen LogP contribution is 2.24. The Labute approximate surface area is 187 Å². The minimum absolute atomic E-state index is 0.174. The van der Waals surface area contributed by atoms with Gasteiger partial charge in [0.2, 0.25) is 11.0 Å². The maximum Gasteiger partial charge on any atom is 0.236 e. The van der Waals surface area contributed by atoms with Crippen molar-refractivity contribution in [1.29, 1.82) is 0 Å². The Morgan fingerprint density at radius 2 is 2.20 bits per heavy atom. The fourth-order valence-corrected chi connectivity index (χ4v) is 4.18. The summed E-state index contributed by atoms with van der Waals surface area (Å²) in [5, 5.41) is 21.8. The van der Waals surface area contributed by atoms with Crippen LogP contribution in [0, 0.1) is 6.92 Å². The molecule has 8 nitrogen and oxygen atoms in total. The zero-order valence-electron chi connectivity index (χ0n) is 16.6. The summed E-state index contributed by atoms with van der Waals surface area (Å²) in [5.74, 6) is 1.36. The molecule has 0 saturated heterocycles. The van der Waals surface area contributed by atoms with Crippen LogP contribution in [0.25, 0.3) is 0 Å². The van der Waals surface area contributed by atoms with Crippen LogP contribution < -0.4 is 10.1 Å². The predicted molar refractivity (Wildman–Crippen MR) is 119 cm³/mol. The standard InChI is InChI=1S/C19H21ClN6O2S2/c1-4-8-26-15(10-28-14-7-6-13(20)9-12(14)3)22-25-19(26)29-11-16(27)21-18-24-23-17(5-2)30-18/h4,6-7,9H,1,5,8,10-11H2,2-3H3,(H,21,24,27). The van der Waals surface area contributed by atoms with Gasteiger partial charge in [-0.05, 0) is 37.1 Å². The van der Waals surface area contributed by atoms with Crippen LogP contribution in [0.3, 0.4) is 0 Å². The van der Waals surface area contributed by atoms with Gasteiger partial charge in [0.05, 0.1) is 5.75 Å². The molecule has 2 aromatic heterocycles. The molecule has 0 spiro atoms. The molecule has 3 aromatic rings. The Morgan fingerprint density at radius 3 is 2.90 bits per heavy atom. The van der Waals surface area contributed by atoms with Crippen LogP contribution in [0.15, 0.2) is 36.0 Å². The zero-order valence-corrected chi connectivity index (χ0v) is 19.0. The summed E-state index contributed by atoms with van der Waals surface area (Å²) in [5.41, 5.74) is 0.937. The molecule has 2 heterocycles. The van der Waals surface area contributed by atoms with Gasteiger partial charge in [-0.2, -0.15) is 0 Å². The summed E-state index contributed by atoms with van der Waals surface area (Å²) in [6, 6.07) is 5.44. The highest BCUT2D eigenvalue weighted by Gasteiger charge is 2.15. The van der Waals surface area contributed by atoms with Gasteiger partial charge in [0.25, 0.3) is 0 Å². The number of benzene rings is 1. The van der Waals surface area contributed by atoms with E-state index < -0.39 is 0 Å². The minimum atomic E-state index is -0.179. The zero-order chi connectivity index (χ0) is 21.5. The maximum atomic E-state index is 12.2. The number of carbonyl (C=O) groups is 1. The number of carbonyl (C=O) groups excluding carboxylic acids is 1. The lowest BCUT2D eigenvalue weighted by Crippen LogP contribution is -2.15. The van der Waals surface area contributed by atoms with Crippen LogP contribution in [-0.2, 0) is 24.4 Å². The first-order valence-corrected chi connectivity index (χ1v) is 11.3. The first-order valence-electron chi connectivity index (χ1n) is 9.17. The Kier molecular flexibility index (Phi) is 7.83. The number of allylic oxidation sites excluding steroid dienone is 1. The second-order valence-electron chi connectivity index (χ2n) is 6.19. The van der Waals surface area contributed by atoms with Gasteiger partial charge in [-0.25, -0.2) is 0 Å². The summed E-state index contributed by atoms with van der Waals surface area (Å²) >= 11 is 8.65. The van der Waals surface area contributed by atoms with Crippen LogP contribution in [-0.4, -0.2) is 36.6 Å². The highest BCUT2D eigenvalue weighted by molar-refractivity contribution is 7.99. The van der Waals surface area contributed by atoms with E-state index in [4.69, 9.17) is 16.3 Å². The summed E-state index contributed by atoms with van der Waals surface area (Å²) in [6.45, 7) is 8.45. The van der Waals surface area contributed by atoms with Crippen LogP contribution in [0.5, 0.6) is 5.75 Å². The number of nitrogens with one attached hydrogen (secondary N) is 1. The number of halogens is 1. The van der Waals surface area contributed by atoms with Crippen LogP contribution in [0.1, 0.15) is 23.3 Å². The van der Waals surface area contributed by atoms with Gasteiger partial charge in [0.1, 0.15) is 17.4 Å². The third-order valence-corrected chi connectivity index (χ3v) is 6.13. The van der Waals surface area contributed by atoms with Crippen LogP contribution >= 0.6 is 34.7 Å². The first-order chi connectivity index (χ1) is 14.5. The van der Waals surface area contributed by atoms with Gasteiger partial charge in [-0.1, -0.05) is 47.7 Å². The van der Waals surface area contributed by atoms with Gasteiger partial charge < -0.3 is 4.74 Å². The van der Waals surface area contributed by atoms with Crippen molar-refractivity contribution < 1.29 is 9.53 Å². The van der Waals surface area contributed by atoms with Crippen LogP contribution in [0.2, 0.25) is 5.02 Å². The monoisotopic (exact) mass is 464 g/mol. The third kappa shape index (κ3) is 5.80. The molecule has 1 amide bonds. The van der Waals surface area contributed by atoms with E-state index in [2.05, 4.69) is 32.3 Å².